The van der Waals surface area contributed by atoms with Crippen LogP contribution in [-0.4, -0.2) is 18.5 Å². The van der Waals surface area contributed by atoms with Gasteiger partial charge in [-0.1, -0.05) is 27.2 Å². The van der Waals surface area contributed by atoms with E-state index in [9.17, 15) is 4.79 Å². The van der Waals surface area contributed by atoms with Crippen LogP contribution < -0.4 is 11.1 Å². The zero-order valence-corrected chi connectivity index (χ0v) is 11.5. The van der Waals surface area contributed by atoms with Crippen LogP contribution in [0.5, 0.6) is 0 Å². The highest BCUT2D eigenvalue weighted by atomic mass is 16.1. The summed E-state index contributed by atoms with van der Waals surface area (Å²) in [5.74, 6) is 1.86. The lowest BCUT2D eigenvalue weighted by molar-refractivity contribution is -0.122. The molecule has 1 amide bonds. The van der Waals surface area contributed by atoms with Crippen LogP contribution in [0.1, 0.15) is 52.9 Å². The molecule has 1 aliphatic carbocycles. The summed E-state index contributed by atoms with van der Waals surface area (Å²) in [7, 11) is 0. The molecular weight excluding hydrogens is 212 g/mol. The van der Waals surface area contributed by atoms with Crippen LogP contribution >= 0.6 is 0 Å². The van der Waals surface area contributed by atoms with Crippen molar-refractivity contribution in [3.8, 4) is 0 Å². The Kier molecular flexibility index (Phi) is 5.96. The molecule has 3 unspecified atom stereocenters. The highest BCUT2D eigenvalue weighted by Gasteiger charge is 2.27. The molecule has 1 saturated carbocycles. The number of carbonyl (C=O) groups excluding carboxylic acids is 1. The average molecular weight is 240 g/mol. The maximum Gasteiger partial charge on any atom is 0.220 e. The molecule has 0 saturated heterocycles. The van der Waals surface area contributed by atoms with Crippen molar-refractivity contribution in [1.29, 1.82) is 0 Å². The number of nitrogens with two attached hydrogens (primary N) is 1. The van der Waals surface area contributed by atoms with Crippen molar-refractivity contribution < 1.29 is 4.79 Å². The number of hydrogen-bond donors (Lipinski definition) is 2. The van der Waals surface area contributed by atoms with Gasteiger partial charge >= 0.3 is 0 Å². The van der Waals surface area contributed by atoms with E-state index in [1.54, 1.807) is 0 Å². The minimum absolute atomic E-state index is 0.212. The van der Waals surface area contributed by atoms with Crippen molar-refractivity contribution in [2.45, 2.75) is 58.9 Å². The average Bonchev–Trinajstić information content (AvgIpc) is 2.63. The van der Waals surface area contributed by atoms with Gasteiger partial charge in [0.15, 0.2) is 0 Å². The van der Waals surface area contributed by atoms with Crippen LogP contribution in [0.25, 0.3) is 0 Å². The fourth-order valence-corrected chi connectivity index (χ4v) is 2.98. The van der Waals surface area contributed by atoms with Gasteiger partial charge in [-0.05, 0) is 43.6 Å². The summed E-state index contributed by atoms with van der Waals surface area (Å²) in [5, 5.41) is 3.17. The zero-order chi connectivity index (χ0) is 12.8. The van der Waals surface area contributed by atoms with E-state index in [1.807, 2.05) is 0 Å². The Balaban J connectivity index is 2.29. The molecule has 0 heterocycles. The molecule has 1 aliphatic rings. The third kappa shape index (κ3) is 5.07. The lowest BCUT2D eigenvalue weighted by Gasteiger charge is -2.21. The first-order chi connectivity index (χ1) is 8.02. The number of rotatable bonds is 6. The number of nitrogens with one attached hydrogen (secondary N) is 1. The van der Waals surface area contributed by atoms with Gasteiger partial charge in [-0.3, -0.25) is 4.79 Å². The molecule has 100 valence electrons. The second kappa shape index (κ2) is 7.00. The summed E-state index contributed by atoms with van der Waals surface area (Å²) < 4.78 is 0. The number of amides is 1. The largest absolute Gasteiger partial charge is 0.353 e. The van der Waals surface area contributed by atoms with E-state index in [4.69, 9.17) is 5.73 Å². The molecule has 17 heavy (non-hydrogen) atoms. The standard InChI is InChI=1S/C14H28N2O/c1-10(2)7-11(3)8-14(17)16-13-6-4-5-12(13)9-15/h10-13H,4-9,15H2,1-3H3,(H,16,17). The van der Waals surface area contributed by atoms with Gasteiger partial charge < -0.3 is 11.1 Å². The molecular formula is C14H28N2O. The summed E-state index contributed by atoms with van der Waals surface area (Å²) >= 11 is 0. The number of hydrogen-bond acceptors (Lipinski definition) is 2. The molecule has 0 aliphatic heterocycles. The van der Waals surface area contributed by atoms with Crippen LogP contribution in [0.15, 0.2) is 0 Å². The van der Waals surface area contributed by atoms with Crippen LogP contribution in [0, 0.1) is 17.8 Å². The SMILES string of the molecule is CC(C)CC(C)CC(=O)NC1CCCC1CN. The second-order valence-corrected chi connectivity index (χ2v) is 6.04. The number of carbonyl (C=O) groups is 1. The van der Waals surface area contributed by atoms with E-state index in [0.29, 0.717) is 36.8 Å². The third-order valence-corrected chi connectivity index (χ3v) is 3.72. The fourth-order valence-electron chi connectivity index (χ4n) is 2.98. The Morgan fingerprint density at radius 3 is 2.65 bits per heavy atom. The first-order valence-electron chi connectivity index (χ1n) is 7.02. The van der Waals surface area contributed by atoms with Gasteiger partial charge in [-0.2, -0.15) is 0 Å². The summed E-state index contributed by atoms with van der Waals surface area (Å²) in [6, 6.07) is 0.332. The molecule has 3 nitrogen and oxygen atoms in total. The molecule has 0 spiro atoms. The van der Waals surface area contributed by atoms with E-state index in [1.165, 1.54) is 12.8 Å². The smallest absolute Gasteiger partial charge is 0.220 e. The van der Waals surface area contributed by atoms with Crippen molar-refractivity contribution in [3.63, 3.8) is 0 Å². The minimum atomic E-state index is 0.212. The Morgan fingerprint density at radius 2 is 2.06 bits per heavy atom. The highest BCUT2D eigenvalue weighted by molar-refractivity contribution is 5.76. The van der Waals surface area contributed by atoms with Crippen LogP contribution in [0.3, 0.4) is 0 Å². The van der Waals surface area contributed by atoms with E-state index in [0.717, 1.165) is 12.8 Å². The summed E-state index contributed by atoms with van der Waals surface area (Å²) in [5.41, 5.74) is 5.72. The van der Waals surface area contributed by atoms with Gasteiger partial charge in [0.2, 0.25) is 5.91 Å². The van der Waals surface area contributed by atoms with Gasteiger partial charge in [0, 0.05) is 12.5 Å². The van der Waals surface area contributed by atoms with Crippen LogP contribution in [0.2, 0.25) is 0 Å². The lowest BCUT2D eigenvalue weighted by atomic mass is 9.95. The Hall–Kier alpha value is -0.570. The molecule has 0 radical (unpaired) electrons. The quantitative estimate of drug-likeness (QED) is 0.748. The van der Waals surface area contributed by atoms with Gasteiger partial charge in [0.25, 0.3) is 0 Å². The summed E-state index contributed by atoms with van der Waals surface area (Å²) in [4.78, 5) is 11.9. The summed E-state index contributed by atoms with van der Waals surface area (Å²) in [6.45, 7) is 7.27. The van der Waals surface area contributed by atoms with E-state index in [2.05, 4.69) is 26.1 Å². The predicted octanol–water partition coefficient (Wildman–Crippen LogP) is 2.30. The summed E-state index contributed by atoms with van der Waals surface area (Å²) in [6.07, 6.45) is 5.26. The molecule has 3 N–H and O–H groups in total. The molecule has 0 aromatic carbocycles. The van der Waals surface area contributed by atoms with Crippen molar-refractivity contribution in [2.75, 3.05) is 6.54 Å². The van der Waals surface area contributed by atoms with E-state index < -0.39 is 0 Å². The maximum absolute atomic E-state index is 11.9. The Morgan fingerprint density at radius 1 is 1.35 bits per heavy atom. The van der Waals surface area contributed by atoms with Crippen LogP contribution in [-0.2, 0) is 4.79 Å². The lowest BCUT2D eigenvalue weighted by Crippen LogP contribution is -2.40. The topological polar surface area (TPSA) is 55.1 Å². The molecule has 1 rings (SSSR count). The van der Waals surface area contributed by atoms with Crippen molar-refractivity contribution >= 4 is 5.91 Å². The van der Waals surface area contributed by atoms with Crippen LogP contribution in [0.4, 0.5) is 0 Å². The molecule has 0 aromatic rings. The Labute approximate surface area is 106 Å². The first-order valence-corrected chi connectivity index (χ1v) is 7.02. The van der Waals surface area contributed by atoms with E-state index in [-0.39, 0.29) is 5.91 Å². The van der Waals surface area contributed by atoms with Gasteiger partial charge in [0.05, 0.1) is 0 Å². The molecule has 3 atom stereocenters. The van der Waals surface area contributed by atoms with Gasteiger partial charge in [0.1, 0.15) is 0 Å². The maximum atomic E-state index is 11.9. The first kappa shape index (κ1) is 14.5. The van der Waals surface area contributed by atoms with Crippen molar-refractivity contribution in [1.82, 2.24) is 5.32 Å². The Bertz CT molecular complexity index is 240. The van der Waals surface area contributed by atoms with Crippen molar-refractivity contribution in [3.05, 3.63) is 0 Å². The molecule has 3 heteroatoms. The molecule has 0 bridgehead atoms. The zero-order valence-electron chi connectivity index (χ0n) is 11.5. The third-order valence-electron chi connectivity index (χ3n) is 3.72. The molecule has 1 fully saturated rings. The van der Waals surface area contributed by atoms with Gasteiger partial charge in [-0.15, -0.1) is 0 Å². The normalized spacial score (nSPS) is 26.2. The molecule has 0 aromatic heterocycles. The fraction of sp³-hybridized carbons (Fsp3) is 0.929. The van der Waals surface area contributed by atoms with Crippen molar-refractivity contribution in [2.24, 2.45) is 23.5 Å². The second-order valence-electron chi connectivity index (χ2n) is 6.04. The predicted molar refractivity (Wildman–Crippen MR) is 71.6 cm³/mol. The monoisotopic (exact) mass is 240 g/mol. The highest BCUT2D eigenvalue weighted by Crippen LogP contribution is 2.25. The van der Waals surface area contributed by atoms with Gasteiger partial charge in [-0.25, -0.2) is 0 Å². The van der Waals surface area contributed by atoms with E-state index >= 15 is 0 Å². The minimum Gasteiger partial charge on any atom is -0.353 e.